The normalized spacial score (nSPS) is 17.3. The average Bonchev–Trinajstić information content (AvgIpc) is 2.95. The molecule has 1 atom stereocenters. The van der Waals surface area contributed by atoms with Crippen molar-refractivity contribution in [3.8, 4) is 5.75 Å². The van der Waals surface area contributed by atoms with E-state index >= 15 is 0 Å². The second kappa shape index (κ2) is 9.37. The number of benzene rings is 1. The van der Waals surface area contributed by atoms with Gasteiger partial charge in [0.05, 0.1) is 19.1 Å². The monoisotopic (exact) mass is 342 g/mol. The van der Waals surface area contributed by atoms with E-state index in [0.717, 1.165) is 11.3 Å². The molecular weight excluding hydrogens is 320 g/mol. The van der Waals surface area contributed by atoms with Crippen LogP contribution in [-0.2, 0) is 16.1 Å². The zero-order chi connectivity index (χ0) is 15.9. The molecule has 6 nitrogen and oxygen atoms in total. The molecule has 0 bridgehead atoms. The molecule has 1 aromatic carbocycles. The SMILES string of the molecule is CCOc1cccc(CNC(=O)CN2CCC(C(=O)O)C2)c1.Cl. The standard InChI is InChI=1S/C16H22N2O4.ClH/c1-2-22-14-5-3-4-12(8-14)9-17-15(19)11-18-7-6-13(10-18)16(20)21;/h3-5,8,13H,2,6-7,9-11H2,1H3,(H,17,19)(H,20,21);1H. The fourth-order valence-electron chi connectivity index (χ4n) is 2.55. The molecule has 1 aliphatic heterocycles. The largest absolute Gasteiger partial charge is 0.494 e. The van der Waals surface area contributed by atoms with Gasteiger partial charge in [-0.2, -0.15) is 0 Å². The van der Waals surface area contributed by atoms with E-state index in [4.69, 9.17) is 9.84 Å². The lowest BCUT2D eigenvalue weighted by molar-refractivity contribution is -0.141. The Morgan fingerprint density at radius 1 is 1.43 bits per heavy atom. The third-order valence-corrected chi connectivity index (χ3v) is 3.69. The molecule has 2 rings (SSSR count). The van der Waals surface area contributed by atoms with E-state index < -0.39 is 5.97 Å². The molecule has 1 heterocycles. The fraction of sp³-hybridized carbons (Fsp3) is 0.500. The Morgan fingerprint density at radius 2 is 2.22 bits per heavy atom. The van der Waals surface area contributed by atoms with E-state index in [-0.39, 0.29) is 30.8 Å². The predicted molar refractivity (Wildman–Crippen MR) is 88.9 cm³/mol. The van der Waals surface area contributed by atoms with Crippen LogP contribution in [0, 0.1) is 5.92 Å². The Bertz CT molecular complexity index is 539. The zero-order valence-corrected chi connectivity index (χ0v) is 14.0. The van der Waals surface area contributed by atoms with Crippen LogP contribution in [0.4, 0.5) is 0 Å². The van der Waals surface area contributed by atoms with Crippen LogP contribution in [0.5, 0.6) is 5.75 Å². The molecule has 0 radical (unpaired) electrons. The number of carbonyl (C=O) groups excluding carboxylic acids is 1. The third kappa shape index (κ3) is 6.08. The molecule has 0 spiro atoms. The molecule has 128 valence electrons. The number of hydrogen-bond donors (Lipinski definition) is 2. The van der Waals surface area contributed by atoms with E-state index in [1.165, 1.54) is 0 Å². The zero-order valence-electron chi connectivity index (χ0n) is 13.2. The highest BCUT2D eigenvalue weighted by molar-refractivity contribution is 5.85. The first-order valence-electron chi connectivity index (χ1n) is 7.52. The van der Waals surface area contributed by atoms with Crippen LogP contribution in [-0.4, -0.2) is 48.1 Å². The summed E-state index contributed by atoms with van der Waals surface area (Å²) >= 11 is 0. The quantitative estimate of drug-likeness (QED) is 0.785. The van der Waals surface area contributed by atoms with Crippen LogP contribution in [0.3, 0.4) is 0 Å². The molecule has 0 saturated carbocycles. The minimum Gasteiger partial charge on any atom is -0.494 e. The van der Waals surface area contributed by atoms with Gasteiger partial charge in [-0.3, -0.25) is 14.5 Å². The number of carboxylic acids is 1. The number of halogens is 1. The van der Waals surface area contributed by atoms with E-state index in [1.807, 2.05) is 36.1 Å². The van der Waals surface area contributed by atoms with Crippen molar-refractivity contribution in [3.05, 3.63) is 29.8 Å². The van der Waals surface area contributed by atoms with Gasteiger partial charge in [0.25, 0.3) is 0 Å². The van der Waals surface area contributed by atoms with E-state index in [2.05, 4.69) is 5.32 Å². The first-order valence-corrected chi connectivity index (χ1v) is 7.52. The number of nitrogens with zero attached hydrogens (tertiary/aromatic N) is 1. The Morgan fingerprint density at radius 3 is 2.87 bits per heavy atom. The summed E-state index contributed by atoms with van der Waals surface area (Å²) in [5.74, 6) is -0.433. The van der Waals surface area contributed by atoms with Crippen LogP contribution in [0.2, 0.25) is 0 Å². The van der Waals surface area contributed by atoms with E-state index in [0.29, 0.717) is 32.7 Å². The Hall–Kier alpha value is -1.79. The van der Waals surface area contributed by atoms with E-state index in [9.17, 15) is 9.59 Å². The number of carbonyl (C=O) groups is 2. The molecule has 2 N–H and O–H groups in total. The molecule has 1 fully saturated rings. The van der Waals surface area contributed by atoms with Crippen LogP contribution < -0.4 is 10.1 Å². The highest BCUT2D eigenvalue weighted by Crippen LogP contribution is 2.16. The molecular formula is C16H23ClN2O4. The van der Waals surface area contributed by atoms with Crippen molar-refractivity contribution in [3.63, 3.8) is 0 Å². The molecule has 1 unspecified atom stereocenters. The van der Waals surface area contributed by atoms with E-state index in [1.54, 1.807) is 0 Å². The van der Waals surface area contributed by atoms with Gasteiger partial charge in [-0.1, -0.05) is 12.1 Å². The topological polar surface area (TPSA) is 78.9 Å². The maximum Gasteiger partial charge on any atom is 0.307 e. The molecule has 0 aromatic heterocycles. The van der Waals surface area contributed by atoms with Gasteiger partial charge in [0.15, 0.2) is 0 Å². The van der Waals surface area contributed by atoms with Gasteiger partial charge in [0, 0.05) is 13.1 Å². The van der Waals surface area contributed by atoms with Gasteiger partial charge in [0.1, 0.15) is 5.75 Å². The summed E-state index contributed by atoms with van der Waals surface area (Å²) in [5.41, 5.74) is 0.976. The van der Waals surface area contributed by atoms with Crippen LogP contribution in [0.15, 0.2) is 24.3 Å². The van der Waals surface area contributed by atoms with Crippen molar-refractivity contribution in [2.75, 3.05) is 26.2 Å². The van der Waals surface area contributed by atoms with Crippen LogP contribution in [0.1, 0.15) is 18.9 Å². The number of aliphatic carboxylic acids is 1. The predicted octanol–water partition coefficient (Wildman–Crippen LogP) is 1.53. The van der Waals surface area contributed by atoms with Gasteiger partial charge in [-0.25, -0.2) is 0 Å². The number of ether oxygens (including phenoxy) is 1. The maximum atomic E-state index is 11.9. The Labute approximate surface area is 142 Å². The lowest BCUT2D eigenvalue weighted by Crippen LogP contribution is -2.36. The molecule has 1 saturated heterocycles. The lowest BCUT2D eigenvalue weighted by atomic mass is 10.1. The van der Waals surface area contributed by atoms with Gasteiger partial charge < -0.3 is 15.2 Å². The minimum atomic E-state index is -0.782. The highest BCUT2D eigenvalue weighted by Gasteiger charge is 2.28. The molecule has 7 heteroatoms. The summed E-state index contributed by atoms with van der Waals surface area (Å²) in [6.07, 6.45) is 0.610. The van der Waals surface area contributed by atoms with Crippen molar-refractivity contribution in [2.45, 2.75) is 19.9 Å². The number of amides is 1. The van der Waals surface area contributed by atoms with Crippen molar-refractivity contribution < 1.29 is 19.4 Å². The van der Waals surface area contributed by atoms with Crippen molar-refractivity contribution in [1.29, 1.82) is 0 Å². The summed E-state index contributed by atoms with van der Waals surface area (Å²) in [5, 5.41) is 11.8. The summed E-state index contributed by atoms with van der Waals surface area (Å²) in [7, 11) is 0. The second-order valence-corrected chi connectivity index (χ2v) is 5.42. The molecule has 23 heavy (non-hydrogen) atoms. The number of rotatable bonds is 7. The van der Waals surface area contributed by atoms with Gasteiger partial charge in [0.2, 0.25) is 5.91 Å². The van der Waals surface area contributed by atoms with Gasteiger partial charge in [-0.15, -0.1) is 12.4 Å². The second-order valence-electron chi connectivity index (χ2n) is 5.42. The first kappa shape index (κ1) is 19.3. The summed E-state index contributed by atoms with van der Waals surface area (Å²) in [6.45, 7) is 4.32. The maximum absolute atomic E-state index is 11.9. The smallest absolute Gasteiger partial charge is 0.307 e. The van der Waals surface area contributed by atoms with Gasteiger partial charge in [-0.05, 0) is 37.6 Å². The summed E-state index contributed by atoms with van der Waals surface area (Å²) in [4.78, 5) is 24.7. The van der Waals surface area contributed by atoms with Crippen molar-refractivity contribution in [1.82, 2.24) is 10.2 Å². The van der Waals surface area contributed by atoms with Crippen LogP contribution in [0.25, 0.3) is 0 Å². The van der Waals surface area contributed by atoms with Crippen molar-refractivity contribution in [2.24, 2.45) is 5.92 Å². The number of likely N-dealkylation sites (tertiary alicyclic amines) is 1. The Balaban J connectivity index is 0.00000264. The summed E-state index contributed by atoms with van der Waals surface area (Å²) < 4.78 is 5.42. The van der Waals surface area contributed by atoms with Crippen LogP contribution >= 0.6 is 12.4 Å². The molecule has 1 aromatic rings. The molecule has 1 aliphatic rings. The fourth-order valence-corrected chi connectivity index (χ4v) is 2.55. The number of nitrogens with one attached hydrogen (secondary N) is 1. The minimum absolute atomic E-state index is 0. The molecule has 0 aliphatic carbocycles. The highest BCUT2D eigenvalue weighted by atomic mass is 35.5. The third-order valence-electron chi connectivity index (χ3n) is 3.69. The first-order chi connectivity index (χ1) is 10.6. The lowest BCUT2D eigenvalue weighted by Gasteiger charge is -2.15. The molecule has 1 amide bonds. The van der Waals surface area contributed by atoms with Crippen molar-refractivity contribution >= 4 is 24.3 Å². The number of carboxylic acid groups (broad SMARTS) is 1. The number of hydrogen-bond acceptors (Lipinski definition) is 4. The Kier molecular flexibility index (Phi) is 7.85. The summed E-state index contributed by atoms with van der Waals surface area (Å²) in [6, 6.07) is 7.61. The van der Waals surface area contributed by atoms with Gasteiger partial charge >= 0.3 is 5.97 Å². The average molecular weight is 343 g/mol.